The number of halogens is 1. The van der Waals surface area contributed by atoms with Crippen LogP contribution in [0.3, 0.4) is 0 Å². The molecule has 0 aliphatic heterocycles. The van der Waals surface area contributed by atoms with Crippen LogP contribution >= 0.6 is 11.6 Å². The minimum absolute atomic E-state index is 0.349. The SMILES string of the molecule is CCC(Cl)CCNCCC(C)(C)C. The van der Waals surface area contributed by atoms with E-state index in [4.69, 9.17) is 11.6 Å². The molecule has 0 amide bonds. The molecule has 0 rings (SSSR count). The van der Waals surface area contributed by atoms with Gasteiger partial charge in [0.1, 0.15) is 0 Å². The third-order valence-corrected chi connectivity index (χ3v) is 2.66. The van der Waals surface area contributed by atoms with E-state index in [9.17, 15) is 0 Å². The molecular weight excluding hydrogens is 182 g/mol. The molecule has 0 aromatic carbocycles. The molecule has 80 valence electrons. The summed E-state index contributed by atoms with van der Waals surface area (Å²) in [5, 5.41) is 3.77. The number of hydrogen-bond donors (Lipinski definition) is 1. The first kappa shape index (κ1) is 13.2. The van der Waals surface area contributed by atoms with Crippen LogP contribution in [0.15, 0.2) is 0 Å². The van der Waals surface area contributed by atoms with E-state index >= 15 is 0 Å². The molecule has 0 fully saturated rings. The minimum atomic E-state index is 0.349. The van der Waals surface area contributed by atoms with E-state index in [2.05, 4.69) is 33.0 Å². The molecule has 0 spiro atoms. The maximum atomic E-state index is 5.99. The molecule has 1 unspecified atom stereocenters. The third kappa shape index (κ3) is 10.2. The lowest BCUT2D eigenvalue weighted by Gasteiger charge is -2.18. The van der Waals surface area contributed by atoms with Crippen LogP contribution < -0.4 is 5.32 Å². The molecule has 0 saturated carbocycles. The molecule has 0 aliphatic rings. The molecule has 0 aromatic heterocycles. The van der Waals surface area contributed by atoms with Crippen molar-refractivity contribution in [2.75, 3.05) is 13.1 Å². The first-order valence-electron chi connectivity index (χ1n) is 5.30. The van der Waals surface area contributed by atoms with Gasteiger partial charge in [0.2, 0.25) is 0 Å². The van der Waals surface area contributed by atoms with Gasteiger partial charge in [-0.3, -0.25) is 0 Å². The van der Waals surface area contributed by atoms with Crippen LogP contribution in [0.25, 0.3) is 0 Å². The van der Waals surface area contributed by atoms with Crippen LogP contribution in [0.2, 0.25) is 0 Å². The van der Waals surface area contributed by atoms with Gasteiger partial charge in [0.15, 0.2) is 0 Å². The van der Waals surface area contributed by atoms with Crippen molar-refractivity contribution < 1.29 is 0 Å². The van der Waals surface area contributed by atoms with Gasteiger partial charge < -0.3 is 5.32 Å². The van der Waals surface area contributed by atoms with E-state index in [1.165, 1.54) is 6.42 Å². The van der Waals surface area contributed by atoms with Crippen molar-refractivity contribution in [3.8, 4) is 0 Å². The van der Waals surface area contributed by atoms with Crippen molar-refractivity contribution in [1.29, 1.82) is 0 Å². The molecule has 0 saturated heterocycles. The lowest BCUT2D eigenvalue weighted by molar-refractivity contribution is 0.366. The second kappa shape index (κ2) is 6.67. The second-order valence-corrected chi connectivity index (χ2v) is 5.47. The van der Waals surface area contributed by atoms with Crippen LogP contribution in [0.5, 0.6) is 0 Å². The summed E-state index contributed by atoms with van der Waals surface area (Å²) in [6.45, 7) is 11.1. The molecule has 1 atom stereocenters. The average Bonchev–Trinajstić information content (AvgIpc) is 2.01. The zero-order chi connectivity index (χ0) is 10.3. The van der Waals surface area contributed by atoms with Crippen molar-refractivity contribution in [2.45, 2.75) is 52.3 Å². The van der Waals surface area contributed by atoms with Crippen LogP contribution in [-0.4, -0.2) is 18.5 Å². The van der Waals surface area contributed by atoms with Crippen LogP contribution in [-0.2, 0) is 0 Å². The van der Waals surface area contributed by atoms with Gasteiger partial charge in [-0.1, -0.05) is 27.7 Å². The van der Waals surface area contributed by atoms with Gasteiger partial charge in [0.25, 0.3) is 0 Å². The summed E-state index contributed by atoms with van der Waals surface area (Å²) in [5.41, 5.74) is 0.443. The summed E-state index contributed by atoms with van der Waals surface area (Å²) >= 11 is 5.99. The fourth-order valence-corrected chi connectivity index (χ4v) is 1.16. The van der Waals surface area contributed by atoms with Crippen molar-refractivity contribution in [1.82, 2.24) is 5.32 Å². The van der Waals surface area contributed by atoms with Crippen LogP contribution in [0.1, 0.15) is 47.0 Å². The maximum Gasteiger partial charge on any atom is 0.0345 e. The lowest BCUT2D eigenvalue weighted by Crippen LogP contribution is -2.23. The number of rotatable bonds is 6. The molecule has 0 aliphatic carbocycles. The van der Waals surface area contributed by atoms with Gasteiger partial charge in [-0.2, -0.15) is 0 Å². The smallest absolute Gasteiger partial charge is 0.0345 e. The summed E-state index contributed by atoms with van der Waals surface area (Å²) in [6.07, 6.45) is 3.39. The first-order chi connectivity index (χ1) is 5.95. The first-order valence-corrected chi connectivity index (χ1v) is 5.74. The third-order valence-electron chi connectivity index (χ3n) is 2.13. The summed E-state index contributed by atoms with van der Waals surface area (Å²) in [4.78, 5) is 0. The normalized spacial score (nSPS) is 14.5. The predicted molar refractivity (Wildman–Crippen MR) is 61.5 cm³/mol. The van der Waals surface area contributed by atoms with E-state index in [1.807, 2.05) is 0 Å². The fraction of sp³-hybridized carbons (Fsp3) is 1.00. The Morgan fingerprint density at radius 2 is 1.85 bits per heavy atom. The van der Waals surface area contributed by atoms with E-state index in [0.717, 1.165) is 25.9 Å². The average molecular weight is 206 g/mol. The highest BCUT2D eigenvalue weighted by atomic mass is 35.5. The highest BCUT2D eigenvalue weighted by molar-refractivity contribution is 6.20. The Balaban J connectivity index is 3.18. The molecular formula is C11H24ClN. The van der Waals surface area contributed by atoms with E-state index in [-0.39, 0.29) is 0 Å². The largest absolute Gasteiger partial charge is 0.317 e. The van der Waals surface area contributed by atoms with Gasteiger partial charge >= 0.3 is 0 Å². The Bertz CT molecular complexity index is 118. The highest BCUT2D eigenvalue weighted by Gasteiger charge is 2.08. The second-order valence-electron chi connectivity index (χ2n) is 4.85. The Labute approximate surface area is 88.2 Å². The van der Waals surface area contributed by atoms with Crippen molar-refractivity contribution in [2.24, 2.45) is 5.41 Å². The van der Waals surface area contributed by atoms with E-state index in [0.29, 0.717) is 10.8 Å². The fourth-order valence-electron chi connectivity index (χ4n) is 1.05. The standard InChI is InChI=1S/C11H24ClN/c1-5-10(12)6-8-13-9-7-11(2,3)4/h10,13H,5-9H2,1-4H3. The quantitative estimate of drug-likeness (QED) is 0.518. The zero-order valence-corrected chi connectivity index (χ0v) is 10.2. The molecule has 0 aromatic rings. The molecule has 13 heavy (non-hydrogen) atoms. The summed E-state index contributed by atoms with van der Waals surface area (Å²) < 4.78 is 0. The van der Waals surface area contributed by atoms with Gasteiger partial charge in [0.05, 0.1) is 0 Å². The van der Waals surface area contributed by atoms with Gasteiger partial charge in [0, 0.05) is 5.38 Å². The van der Waals surface area contributed by atoms with Gasteiger partial charge in [-0.05, 0) is 37.8 Å². The van der Waals surface area contributed by atoms with E-state index in [1.54, 1.807) is 0 Å². The van der Waals surface area contributed by atoms with Crippen molar-refractivity contribution in [3.63, 3.8) is 0 Å². The molecule has 1 nitrogen and oxygen atoms in total. The van der Waals surface area contributed by atoms with E-state index < -0.39 is 0 Å². The predicted octanol–water partition coefficient (Wildman–Crippen LogP) is 3.42. The molecule has 0 bridgehead atoms. The summed E-state index contributed by atoms with van der Waals surface area (Å²) in [6, 6.07) is 0. The Hall–Kier alpha value is 0.250. The zero-order valence-electron chi connectivity index (χ0n) is 9.49. The number of alkyl halides is 1. The Morgan fingerprint density at radius 3 is 2.31 bits per heavy atom. The Morgan fingerprint density at radius 1 is 1.23 bits per heavy atom. The summed E-state index contributed by atoms with van der Waals surface area (Å²) in [5.74, 6) is 0. The molecule has 0 radical (unpaired) electrons. The molecule has 0 heterocycles. The molecule has 1 N–H and O–H groups in total. The monoisotopic (exact) mass is 205 g/mol. The topological polar surface area (TPSA) is 12.0 Å². The molecule has 2 heteroatoms. The van der Waals surface area contributed by atoms with Crippen LogP contribution in [0, 0.1) is 5.41 Å². The van der Waals surface area contributed by atoms with Crippen molar-refractivity contribution >= 4 is 11.6 Å². The number of hydrogen-bond acceptors (Lipinski definition) is 1. The highest BCUT2D eigenvalue weighted by Crippen LogP contribution is 2.16. The maximum absolute atomic E-state index is 5.99. The summed E-state index contributed by atoms with van der Waals surface area (Å²) in [7, 11) is 0. The number of nitrogens with one attached hydrogen (secondary N) is 1. The van der Waals surface area contributed by atoms with Gasteiger partial charge in [-0.15, -0.1) is 11.6 Å². The lowest BCUT2D eigenvalue weighted by atomic mass is 9.92. The van der Waals surface area contributed by atoms with Crippen molar-refractivity contribution in [3.05, 3.63) is 0 Å². The van der Waals surface area contributed by atoms with Gasteiger partial charge in [-0.25, -0.2) is 0 Å². The Kier molecular flexibility index (Phi) is 6.79. The minimum Gasteiger partial charge on any atom is -0.317 e. The van der Waals surface area contributed by atoms with Crippen LogP contribution in [0.4, 0.5) is 0 Å².